The third-order valence-electron chi connectivity index (χ3n) is 2.23. The Morgan fingerprint density at radius 2 is 1.59 bits per heavy atom. The maximum absolute atomic E-state index is 4.56. The molecule has 0 unspecified atom stereocenters. The van der Waals surface area contributed by atoms with E-state index in [1.165, 1.54) is 0 Å². The normalized spacial score (nSPS) is 10.5. The second-order valence-electron chi connectivity index (χ2n) is 3.41. The van der Waals surface area contributed by atoms with Gasteiger partial charge in [-0.1, -0.05) is 37.9 Å². The Balaban J connectivity index is 2.50. The number of hydrogen-bond donors (Lipinski definition) is 0. The van der Waals surface area contributed by atoms with Crippen molar-refractivity contribution >= 4 is 47.8 Å². The summed E-state index contributed by atoms with van der Waals surface area (Å²) < 4.78 is 0.960. The fourth-order valence-corrected chi connectivity index (χ4v) is 2.47. The number of aromatic nitrogens is 2. The molecule has 0 aliphatic carbocycles. The standard InChI is InChI=1S/C12H9Br3N2/c13-6-8-2-1-3-11(16-8)12-10(15)5-4-9(7-14)17-12/h1-5H,6-7H2. The topological polar surface area (TPSA) is 25.8 Å². The van der Waals surface area contributed by atoms with E-state index in [2.05, 4.69) is 57.8 Å². The summed E-state index contributed by atoms with van der Waals surface area (Å²) in [7, 11) is 0. The lowest BCUT2D eigenvalue weighted by Crippen LogP contribution is -1.94. The predicted molar refractivity (Wildman–Crippen MR) is 80.4 cm³/mol. The summed E-state index contributed by atoms with van der Waals surface area (Å²) in [5.41, 5.74) is 3.76. The van der Waals surface area contributed by atoms with Crippen LogP contribution < -0.4 is 0 Å². The number of halogens is 3. The SMILES string of the molecule is BrCc1cccc(-c2nc(CBr)ccc2Br)n1. The van der Waals surface area contributed by atoms with Crippen LogP contribution in [-0.4, -0.2) is 9.97 Å². The Morgan fingerprint density at radius 3 is 2.29 bits per heavy atom. The van der Waals surface area contributed by atoms with Crippen molar-refractivity contribution in [2.24, 2.45) is 0 Å². The first-order chi connectivity index (χ1) is 8.24. The van der Waals surface area contributed by atoms with Crippen molar-refractivity contribution in [3.05, 3.63) is 46.2 Å². The van der Waals surface area contributed by atoms with E-state index in [1.807, 2.05) is 30.3 Å². The van der Waals surface area contributed by atoms with Gasteiger partial charge in [-0.15, -0.1) is 0 Å². The average Bonchev–Trinajstić information content (AvgIpc) is 2.39. The molecule has 0 fully saturated rings. The van der Waals surface area contributed by atoms with E-state index in [1.54, 1.807) is 0 Å². The second-order valence-corrected chi connectivity index (χ2v) is 5.39. The minimum Gasteiger partial charge on any atom is -0.250 e. The van der Waals surface area contributed by atoms with Gasteiger partial charge in [0.05, 0.1) is 17.1 Å². The molecule has 0 N–H and O–H groups in total. The molecule has 0 saturated carbocycles. The van der Waals surface area contributed by atoms with Gasteiger partial charge in [-0.25, -0.2) is 4.98 Å². The molecular formula is C12H9Br3N2. The van der Waals surface area contributed by atoms with Crippen LogP contribution in [0.5, 0.6) is 0 Å². The molecule has 5 heteroatoms. The Labute approximate surface area is 125 Å². The van der Waals surface area contributed by atoms with Gasteiger partial charge in [-0.2, -0.15) is 0 Å². The van der Waals surface area contributed by atoms with Gasteiger partial charge in [0.2, 0.25) is 0 Å². The van der Waals surface area contributed by atoms with E-state index in [4.69, 9.17) is 0 Å². The van der Waals surface area contributed by atoms with E-state index in [9.17, 15) is 0 Å². The van der Waals surface area contributed by atoms with Crippen LogP contribution in [0.25, 0.3) is 11.4 Å². The fourth-order valence-electron chi connectivity index (χ4n) is 1.42. The third-order valence-corrected chi connectivity index (χ3v) is 4.02. The number of rotatable bonds is 3. The van der Waals surface area contributed by atoms with Crippen LogP contribution in [0.3, 0.4) is 0 Å². The molecule has 0 aliphatic rings. The second kappa shape index (κ2) is 6.07. The molecule has 2 aromatic heterocycles. The Hall–Kier alpha value is -0.260. The first kappa shape index (κ1) is 13.2. The highest BCUT2D eigenvalue weighted by Crippen LogP contribution is 2.26. The van der Waals surface area contributed by atoms with E-state index in [0.29, 0.717) is 0 Å². The van der Waals surface area contributed by atoms with E-state index in [0.717, 1.165) is 37.9 Å². The predicted octanol–water partition coefficient (Wildman–Crippen LogP) is 4.70. The number of nitrogens with zero attached hydrogens (tertiary/aromatic N) is 2. The van der Waals surface area contributed by atoms with Crippen molar-refractivity contribution in [3.63, 3.8) is 0 Å². The van der Waals surface area contributed by atoms with Crippen molar-refractivity contribution in [2.75, 3.05) is 0 Å². The van der Waals surface area contributed by atoms with Crippen LogP contribution in [0.4, 0.5) is 0 Å². The van der Waals surface area contributed by atoms with Gasteiger partial charge in [-0.3, -0.25) is 4.98 Å². The van der Waals surface area contributed by atoms with Crippen molar-refractivity contribution < 1.29 is 0 Å². The maximum atomic E-state index is 4.56. The summed E-state index contributed by atoms with van der Waals surface area (Å²) >= 11 is 10.3. The van der Waals surface area contributed by atoms with Gasteiger partial charge in [0.25, 0.3) is 0 Å². The van der Waals surface area contributed by atoms with Crippen LogP contribution in [-0.2, 0) is 10.7 Å². The molecule has 0 saturated heterocycles. The number of pyridine rings is 2. The van der Waals surface area contributed by atoms with Gasteiger partial charge in [0.15, 0.2) is 0 Å². The van der Waals surface area contributed by atoms with Crippen molar-refractivity contribution in [1.29, 1.82) is 0 Å². The van der Waals surface area contributed by atoms with Crippen LogP contribution in [0, 0.1) is 0 Å². The van der Waals surface area contributed by atoms with E-state index >= 15 is 0 Å². The minimum atomic E-state index is 0.741. The molecule has 17 heavy (non-hydrogen) atoms. The van der Waals surface area contributed by atoms with Crippen LogP contribution in [0.1, 0.15) is 11.4 Å². The molecule has 2 rings (SSSR count). The molecule has 0 atom stereocenters. The van der Waals surface area contributed by atoms with Gasteiger partial charge in [-0.05, 0) is 40.2 Å². The Bertz CT molecular complexity index is 529. The monoisotopic (exact) mass is 418 g/mol. The number of alkyl halides is 2. The molecule has 0 aromatic carbocycles. The van der Waals surface area contributed by atoms with Crippen molar-refractivity contribution in [2.45, 2.75) is 10.7 Å². The van der Waals surface area contributed by atoms with Gasteiger partial charge < -0.3 is 0 Å². The Kier molecular flexibility index (Phi) is 4.70. The van der Waals surface area contributed by atoms with Crippen LogP contribution in [0.15, 0.2) is 34.8 Å². The summed E-state index contributed by atoms with van der Waals surface area (Å²) in [5.74, 6) is 0. The summed E-state index contributed by atoms with van der Waals surface area (Å²) in [5, 5.41) is 1.49. The highest BCUT2D eigenvalue weighted by Gasteiger charge is 2.08. The summed E-state index contributed by atoms with van der Waals surface area (Å²) in [6, 6.07) is 9.93. The van der Waals surface area contributed by atoms with Crippen LogP contribution >= 0.6 is 47.8 Å². The zero-order valence-corrected chi connectivity index (χ0v) is 13.6. The first-order valence-electron chi connectivity index (χ1n) is 4.98. The molecular weight excluding hydrogens is 412 g/mol. The molecule has 88 valence electrons. The summed E-state index contributed by atoms with van der Waals surface area (Å²) in [4.78, 5) is 9.11. The number of hydrogen-bond acceptors (Lipinski definition) is 2. The van der Waals surface area contributed by atoms with Gasteiger partial charge >= 0.3 is 0 Å². The zero-order chi connectivity index (χ0) is 12.3. The summed E-state index contributed by atoms with van der Waals surface area (Å²) in [6.07, 6.45) is 0. The fraction of sp³-hybridized carbons (Fsp3) is 0.167. The van der Waals surface area contributed by atoms with Gasteiger partial charge in [0, 0.05) is 15.1 Å². The zero-order valence-electron chi connectivity index (χ0n) is 8.83. The summed E-state index contributed by atoms with van der Waals surface area (Å²) in [6.45, 7) is 0. The third kappa shape index (κ3) is 3.14. The quantitative estimate of drug-likeness (QED) is 0.673. The van der Waals surface area contributed by atoms with Crippen molar-refractivity contribution in [3.8, 4) is 11.4 Å². The molecule has 2 aromatic rings. The highest BCUT2D eigenvalue weighted by molar-refractivity contribution is 9.10. The van der Waals surface area contributed by atoms with E-state index in [-0.39, 0.29) is 0 Å². The van der Waals surface area contributed by atoms with E-state index < -0.39 is 0 Å². The highest BCUT2D eigenvalue weighted by atomic mass is 79.9. The molecule has 0 amide bonds. The smallest absolute Gasteiger partial charge is 0.103 e. The van der Waals surface area contributed by atoms with Gasteiger partial charge in [0.1, 0.15) is 5.69 Å². The average molecular weight is 421 g/mol. The minimum absolute atomic E-state index is 0.741. The maximum Gasteiger partial charge on any atom is 0.103 e. The lowest BCUT2D eigenvalue weighted by atomic mass is 10.2. The molecule has 0 spiro atoms. The van der Waals surface area contributed by atoms with Crippen molar-refractivity contribution in [1.82, 2.24) is 9.97 Å². The molecule has 2 nitrogen and oxygen atoms in total. The molecule has 2 heterocycles. The lowest BCUT2D eigenvalue weighted by Gasteiger charge is -2.06. The molecule has 0 radical (unpaired) electrons. The lowest BCUT2D eigenvalue weighted by molar-refractivity contribution is 1.13. The molecule has 0 bridgehead atoms. The molecule has 0 aliphatic heterocycles. The first-order valence-corrected chi connectivity index (χ1v) is 8.02. The van der Waals surface area contributed by atoms with Crippen LogP contribution in [0.2, 0.25) is 0 Å². The largest absolute Gasteiger partial charge is 0.250 e. The Morgan fingerprint density at radius 1 is 0.882 bits per heavy atom.